The molecule has 7 heteroatoms. The maximum Gasteiger partial charge on any atom is 0.409 e. The Labute approximate surface area is 147 Å². The molecule has 2 N–H and O–H groups in total. The van der Waals surface area contributed by atoms with Crippen LogP contribution in [-0.2, 0) is 4.74 Å². The number of benzene rings is 1. The zero-order valence-electron chi connectivity index (χ0n) is 14.3. The number of aromatic nitrogens is 2. The molecule has 25 heavy (non-hydrogen) atoms. The van der Waals surface area contributed by atoms with Gasteiger partial charge in [-0.05, 0) is 31.9 Å². The maximum atomic E-state index is 11.7. The molecule has 1 saturated heterocycles. The lowest BCUT2D eigenvalue weighted by molar-refractivity contribution is 0.0983. The van der Waals surface area contributed by atoms with Gasteiger partial charge >= 0.3 is 6.09 Å². The molecule has 0 aliphatic carbocycles. The highest BCUT2D eigenvalue weighted by molar-refractivity contribution is 5.67. The summed E-state index contributed by atoms with van der Waals surface area (Å²) < 4.78 is 5.04. The summed E-state index contributed by atoms with van der Waals surface area (Å²) in [6.07, 6.45) is 3.05. The molecule has 132 valence electrons. The molecule has 2 aromatic rings. The zero-order valence-corrected chi connectivity index (χ0v) is 14.3. The molecule has 0 atom stereocenters. The van der Waals surface area contributed by atoms with Crippen LogP contribution in [0.1, 0.15) is 19.8 Å². The number of anilines is 3. The fourth-order valence-corrected chi connectivity index (χ4v) is 2.80. The number of amides is 1. The van der Waals surface area contributed by atoms with E-state index in [2.05, 4.69) is 20.6 Å². The van der Waals surface area contributed by atoms with E-state index >= 15 is 0 Å². The van der Waals surface area contributed by atoms with E-state index in [1.54, 1.807) is 11.2 Å². The summed E-state index contributed by atoms with van der Waals surface area (Å²) in [5, 5.41) is 6.69. The van der Waals surface area contributed by atoms with Crippen LogP contribution in [0.15, 0.2) is 42.7 Å². The molecule has 1 fully saturated rings. The van der Waals surface area contributed by atoms with Crippen LogP contribution in [0, 0.1) is 0 Å². The predicted molar refractivity (Wildman–Crippen MR) is 97.0 cm³/mol. The van der Waals surface area contributed by atoms with E-state index in [0.29, 0.717) is 19.7 Å². The van der Waals surface area contributed by atoms with E-state index < -0.39 is 0 Å². The topological polar surface area (TPSA) is 79.4 Å². The third-order valence-corrected chi connectivity index (χ3v) is 4.09. The van der Waals surface area contributed by atoms with Crippen molar-refractivity contribution < 1.29 is 9.53 Å². The fourth-order valence-electron chi connectivity index (χ4n) is 2.80. The molecule has 0 bridgehead atoms. The third kappa shape index (κ3) is 4.82. The average molecular weight is 341 g/mol. The van der Waals surface area contributed by atoms with Crippen LogP contribution >= 0.6 is 0 Å². The lowest BCUT2D eigenvalue weighted by atomic mass is 10.1. The second-order valence-corrected chi connectivity index (χ2v) is 5.88. The van der Waals surface area contributed by atoms with Gasteiger partial charge in [0.2, 0.25) is 0 Å². The molecule has 7 nitrogen and oxygen atoms in total. The van der Waals surface area contributed by atoms with E-state index in [0.717, 1.165) is 30.2 Å². The predicted octanol–water partition coefficient (Wildman–Crippen LogP) is 3.25. The van der Waals surface area contributed by atoms with Crippen molar-refractivity contribution in [1.29, 1.82) is 0 Å². The van der Waals surface area contributed by atoms with Gasteiger partial charge in [0.05, 0.1) is 6.61 Å². The summed E-state index contributed by atoms with van der Waals surface area (Å²) in [5.74, 6) is 1.52. The van der Waals surface area contributed by atoms with Crippen LogP contribution in [0.4, 0.5) is 22.1 Å². The van der Waals surface area contributed by atoms with Crippen molar-refractivity contribution in [2.75, 3.05) is 30.3 Å². The van der Waals surface area contributed by atoms with Crippen molar-refractivity contribution in [2.24, 2.45) is 0 Å². The second-order valence-electron chi connectivity index (χ2n) is 5.88. The lowest BCUT2D eigenvalue weighted by Crippen LogP contribution is -2.42. The number of nitrogens with one attached hydrogen (secondary N) is 2. The number of rotatable bonds is 5. The average Bonchev–Trinajstić information content (AvgIpc) is 2.64. The lowest BCUT2D eigenvalue weighted by Gasteiger charge is -2.31. The van der Waals surface area contributed by atoms with Crippen LogP contribution in [-0.4, -0.2) is 46.7 Å². The van der Waals surface area contributed by atoms with Crippen molar-refractivity contribution in [1.82, 2.24) is 14.9 Å². The number of carbonyl (C=O) groups excluding carboxylic acids is 1. The number of ether oxygens (including phenoxy) is 1. The molecule has 1 aromatic carbocycles. The monoisotopic (exact) mass is 341 g/mol. The van der Waals surface area contributed by atoms with Crippen molar-refractivity contribution in [3.63, 3.8) is 0 Å². The van der Waals surface area contributed by atoms with Gasteiger partial charge in [-0.3, -0.25) is 0 Å². The summed E-state index contributed by atoms with van der Waals surface area (Å²) in [4.78, 5) is 22.0. The molecule has 3 rings (SSSR count). The Hall–Kier alpha value is -2.83. The SMILES string of the molecule is CCOC(=O)N1CCC(Nc2cc(Nc3ccccc3)ncn2)CC1. The highest BCUT2D eigenvalue weighted by Crippen LogP contribution is 2.19. The van der Waals surface area contributed by atoms with E-state index in [-0.39, 0.29) is 12.1 Å². The van der Waals surface area contributed by atoms with E-state index in [1.807, 2.05) is 43.3 Å². The molecule has 0 radical (unpaired) electrons. The summed E-state index contributed by atoms with van der Waals surface area (Å²) in [7, 11) is 0. The van der Waals surface area contributed by atoms with Gasteiger partial charge in [0.25, 0.3) is 0 Å². The smallest absolute Gasteiger partial charge is 0.409 e. The van der Waals surface area contributed by atoms with Crippen molar-refractivity contribution in [3.05, 3.63) is 42.7 Å². The number of para-hydroxylation sites is 1. The third-order valence-electron chi connectivity index (χ3n) is 4.09. The summed E-state index contributed by atoms with van der Waals surface area (Å²) in [6.45, 7) is 3.62. The maximum absolute atomic E-state index is 11.7. The van der Waals surface area contributed by atoms with Gasteiger partial charge in [-0.2, -0.15) is 0 Å². The molecule has 1 aromatic heterocycles. The Morgan fingerprint density at radius 3 is 2.64 bits per heavy atom. The van der Waals surface area contributed by atoms with Crippen LogP contribution < -0.4 is 10.6 Å². The van der Waals surface area contributed by atoms with Crippen LogP contribution in [0.5, 0.6) is 0 Å². The number of carbonyl (C=O) groups is 1. The number of likely N-dealkylation sites (tertiary alicyclic amines) is 1. The highest BCUT2D eigenvalue weighted by atomic mass is 16.6. The molecule has 2 heterocycles. The Kier molecular flexibility index (Phi) is 5.66. The first-order valence-electron chi connectivity index (χ1n) is 8.57. The Balaban J connectivity index is 1.54. The first-order chi connectivity index (χ1) is 12.2. The summed E-state index contributed by atoms with van der Waals surface area (Å²) in [5.41, 5.74) is 0.981. The Morgan fingerprint density at radius 1 is 1.20 bits per heavy atom. The number of hydrogen-bond acceptors (Lipinski definition) is 6. The van der Waals surface area contributed by atoms with Gasteiger partial charge in [-0.15, -0.1) is 0 Å². The van der Waals surface area contributed by atoms with Crippen LogP contribution in [0.25, 0.3) is 0 Å². The van der Waals surface area contributed by atoms with E-state index in [4.69, 9.17) is 4.74 Å². The minimum atomic E-state index is -0.225. The first-order valence-corrected chi connectivity index (χ1v) is 8.57. The van der Waals surface area contributed by atoms with Crippen LogP contribution in [0.2, 0.25) is 0 Å². The van der Waals surface area contributed by atoms with Gasteiger partial charge in [0, 0.05) is 30.9 Å². The van der Waals surface area contributed by atoms with Crippen molar-refractivity contribution >= 4 is 23.4 Å². The number of hydrogen-bond donors (Lipinski definition) is 2. The number of nitrogens with zero attached hydrogens (tertiary/aromatic N) is 3. The summed E-state index contributed by atoms with van der Waals surface area (Å²) >= 11 is 0. The molecule has 1 aliphatic rings. The fraction of sp³-hybridized carbons (Fsp3) is 0.389. The van der Waals surface area contributed by atoms with Gasteiger partial charge in [-0.1, -0.05) is 18.2 Å². The van der Waals surface area contributed by atoms with Crippen molar-refractivity contribution in [3.8, 4) is 0 Å². The van der Waals surface area contributed by atoms with Gasteiger partial charge in [-0.25, -0.2) is 14.8 Å². The molecule has 1 aliphatic heterocycles. The van der Waals surface area contributed by atoms with E-state index in [1.165, 1.54) is 0 Å². The molecular formula is C18H23N5O2. The molecule has 1 amide bonds. The van der Waals surface area contributed by atoms with Gasteiger partial charge < -0.3 is 20.3 Å². The standard InChI is InChI=1S/C18H23N5O2/c1-2-25-18(24)23-10-8-15(9-11-23)22-17-12-16(19-13-20-17)21-14-6-4-3-5-7-14/h3-7,12-13,15H,2,8-11H2,1H3,(H2,19,20,21,22). The number of piperidine rings is 1. The highest BCUT2D eigenvalue weighted by Gasteiger charge is 2.23. The normalized spacial score (nSPS) is 14.8. The molecular weight excluding hydrogens is 318 g/mol. The summed E-state index contributed by atoms with van der Waals surface area (Å²) in [6, 6.07) is 12.1. The Morgan fingerprint density at radius 2 is 1.92 bits per heavy atom. The largest absolute Gasteiger partial charge is 0.450 e. The first kappa shape index (κ1) is 17.0. The molecule has 0 spiro atoms. The van der Waals surface area contributed by atoms with Crippen molar-refractivity contribution in [2.45, 2.75) is 25.8 Å². The second kappa shape index (κ2) is 8.32. The van der Waals surface area contributed by atoms with Crippen LogP contribution in [0.3, 0.4) is 0 Å². The zero-order chi connectivity index (χ0) is 17.5. The molecule has 0 saturated carbocycles. The quantitative estimate of drug-likeness (QED) is 0.869. The Bertz CT molecular complexity index is 687. The van der Waals surface area contributed by atoms with Gasteiger partial charge in [0.15, 0.2) is 0 Å². The van der Waals surface area contributed by atoms with Gasteiger partial charge in [0.1, 0.15) is 18.0 Å². The molecule has 0 unspecified atom stereocenters. The minimum absolute atomic E-state index is 0.225. The van der Waals surface area contributed by atoms with E-state index in [9.17, 15) is 4.79 Å². The minimum Gasteiger partial charge on any atom is -0.450 e.